The minimum absolute atomic E-state index is 0. The highest BCUT2D eigenvalue weighted by atomic mass is 35.5. The molecular weight excluding hydrogens is 101 g/mol. The normalized spacial score (nSPS) is 0. The summed E-state index contributed by atoms with van der Waals surface area (Å²) < 4.78 is 0. The Labute approximate surface area is 38.7 Å². The summed E-state index contributed by atoms with van der Waals surface area (Å²) in [6.07, 6.45) is 0. The third-order valence-electron chi connectivity index (χ3n) is 0. The van der Waals surface area contributed by atoms with Crippen LogP contribution in [0.4, 0.5) is 4.70 Å². The highest BCUT2D eigenvalue weighted by molar-refractivity contribution is 5.85. The average molecular weight is 107 g/mol. The molecule has 0 aliphatic heterocycles. The largest absolute Gasteiger partial charge is 0.269 e. The molecule has 0 aliphatic rings. The third-order valence-corrected chi connectivity index (χ3v) is 0. The lowest BCUT2D eigenvalue weighted by Gasteiger charge is -0.269. The van der Waals surface area contributed by atoms with Gasteiger partial charge in [-0.25, -0.2) is 0 Å². The van der Waals surface area contributed by atoms with Gasteiger partial charge in [-0.3, -0.25) is 4.70 Å². The first-order chi connectivity index (χ1) is 0. The molecule has 4 heavy (non-hydrogen) atoms. The van der Waals surface area contributed by atoms with Crippen molar-refractivity contribution in [1.29, 1.82) is 0 Å². The van der Waals surface area contributed by atoms with Crippen molar-refractivity contribution in [3.63, 3.8) is 0 Å². The average Bonchev–Trinajstić information content (AvgIpc) is 0. The van der Waals surface area contributed by atoms with Crippen LogP contribution < -0.4 is 0 Å². The number of halogens is 3. The maximum atomic E-state index is 0. The van der Waals surface area contributed by atoms with Gasteiger partial charge in [0.05, 0.1) is 8.41 Å². The van der Waals surface area contributed by atoms with E-state index in [0.717, 1.165) is 0 Å². The first kappa shape index (κ1) is 177. The molecule has 0 saturated heterocycles. The van der Waals surface area contributed by atoms with Crippen LogP contribution in [0.1, 0.15) is 0 Å². The molecule has 0 radical (unpaired) electrons. The van der Waals surface area contributed by atoms with Crippen LogP contribution in [0.5, 0.6) is 0 Å². The topological polar surface area (TPSA) is 0 Å². The Morgan fingerprint density at radius 1 is 0.750 bits per heavy atom. The van der Waals surface area contributed by atoms with E-state index in [1.807, 2.05) is 0 Å². The lowest BCUT2D eigenvalue weighted by atomic mass is 10.8. The SMILES string of the molecule is B.Cl.Cl.F. The van der Waals surface area contributed by atoms with E-state index in [0.29, 0.717) is 0 Å². The summed E-state index contributed by atoms with van der Waals surface area (Å²) in [6.45, 7) is 0. The van der Waals surface area contributed by atoms with E-state index in [4.69, 9.17) is 0 Å². The Hall–Kier alpha value is 0.575. The second kappa shape index (κ2) is 71.7. The van der Waals surface area contributed by atoms with E-state index < -0.39 is 0 Å². The monoisotopic (exact) mass is 106 g/mol. The van der Waals surface area contributed by atoms with Gasteiger partial charge in [-0.2, -0.15) is 0 Å². The molecule has 4 heteroatoms. The van der Waals surface area contributed by atoms with Crippen LogP contribution in [0.15, 0.2) is 0 Å². The van der Waals surface area contributed by atoms with Crippen LogP contribution in [0.3, 0.4) is 0 Å². The molecule has 0 fully saturated rings. The Kier molecular flexibility index (Phi) is 3170. The molecule has 0 aromatic heterocycles. The Bertz CT molecular complexity index is 6.00. The molecule has 0 spiro atoms. The molecule has 0 nitrogen and oxygen atoms in total. The van der Waals surface area contributed by atoms with Crippen molar-refractivity contribution in [3.8, 4) is 0 Å². The summed E-state index contributed by atoms with van der Waals surface area (Å²) in [4.78, 5) is 0. The van der Waals surface area contributed by atoms with E-state index >= 15 is 0 Å². The molecule has 0 unspecified atom stereocenters. The highest BCUT2D eigenvalue weighted by Crippen LogP contribution is 0.691. The standard InChI is InChI=1S/BH3.2ClH.FH/h1H3;3*1H. The number of rotatable bonds is 0. The van der Waals surface area contributed by atoms with E-state index in [-0.39, 0.29) is 37.9 Å². The zero-order valence-electron chi connectivity index (χ0n) is 1.22. The quantitative estimate of drug-likeness (QED) is 0.376. The molecule has 0 atom stereocenters. The van der Waals surface area contributed by atoms with Gasteiger partial charge >= 0.3 is 0 Å². The van der Waals surface area contributed by atoms with E-state index in [1.54, 1.807) is 0 Å². The molecule has 30 valence electrons. The lowest BCUT2D eigenvalue weighted by Crippen LogP contribution is -0.381. The smallest absolute Gasteiger partial charge is 0.0814 e. The highest BCUT2D eigenvalue weighted by Gasteiger charge is 0.0814. The molecule has 0 N–H and O–H groups in total. The molecule has 0 saturated carbocycles. The minimum atomic E-state index is 0. The van der Waals surface area contributed by atoms with Crippen molar-refractivity contribution in [2.75, 3.05) is 0 Å². The second-order valence-corrected chi connectivity index (χ2v) is 0. The zero-order valence-corrected chi connectivity index (χ0v) is 2.86. The van der Waals surface area contributed by atoms with E-state index in [9.17, 15) is 0 Å². The molecule has 0 amide bonds. The van der Waals surface area contributed by atoms with Gasteiger partial charge in [0.1, 0.15) is 0 Å². The van der Waals surface area contributed by atoms with Crippen LogP contribution in [0, 0.1) is 0 Å². The van der Waals surface area contributed by atoms with Gasteiger partial charge in [0, 0.05) is 0 Å². The number of hydrogen-bond donors (Lipinski definition) is 0. The zero-order chi connectivity index (χ0) is 0. The van der Waals surface area contributed by atoms with Crippen molar-refractivity contribution in [2.24, 2.45) is 0 Å². The Morgan fingerprint density at radius 3 is 0.750 bits per heavy atom. The summed E-state index contributed by atoms with van der Waals surface area (Å²) in [7, 11) is 0. The van der Waals surface area contributed by atoms with Crippen LogP contribution in [-0.2, 0) is 0 Å². The van der Waals surface area contributed by atoms with Gasteiger partial charge in [0.2, 0.25) is 0 Å². The van der Waals surface area contributed by atoms with Crippen molar-refractivity contribution >= 4 is 33.2 Å². The van der Waals surface area contributed by atoms with Crippen molar-refractivity contribution in [3.05, 3.63) is 0 Å². The summed E-state index contributed by atoms with van der Waals surface area (Å²) in [5.74, 6) is 0. The van der Waals surface area contributed by atoms with Crippen molar-refractivity contribution < 1.29 is 4.70 Å². The molecule has 0 aromatic rings. The van der Waals surface area contributed by atoms with Crippen LogP contribution in [0.2, 0.25) is 0 Å². The second-order valence-electron chi connectivity index (χ2n) is 0. The predicted molar refractivity (Wildman–Crippen MR) is 26.9 cm³/mol. The van der Waals surface area contributed by atoms with E-state index in [2.05, 4.69) is 0 Å². The van der Waals surface area contributed by atoms with E-state index in [1.165, 1.54) is 0 Å². The maximum Gasteiger partial charge on any atom is 0.0814 e. The van der Waals surface area contributed by atoms with Gasteiger partial charge in [-0.15, -0.1) is 24.8 Å². The predicted octanol–water partition coefficient (Wildman–Crippen LogP) is -0.188. The molecule has 0 aromatic carbocycles. The first-order valence-electron chi connectivity index (χ1n) is 0. The summed E-state index contributed by atoms with van der Waals surface area (Å²) in [6, 6.07) is 0. The lowest BCUT2D eigenvalue weighted by molar-refractivity contribution is 1.11. The maximum absolute atomic E-state index is 0. The first-order valence-corrected chi connectivity index (χ1v) is 0. The fourth-order valence-electron chi connectivity index (χ4n) is 0. The molecule has 0 aliphatic carbocycles. The molecule has 0 heterocycles. The molecular formula is H6BCl2F. The summed E-state index contributed by atoms with van der Waals surface area (Å²) in [5.41, 5.74) is 0. The number of hydrogen-bond acceptors (Lipinski definition) is 0. The fourth-order valence-corrected chi connectivity index (χ4v) is 0. The fraction of sp³-hybridized carbons (Fsp3) is 0. The Morgan fingerprint density at radius 2 is 0.750 bits per heavy atom. The van der Waals surface area contributed by atoms with Gasteiger partial charge in [0.15, 0.2) is 0 Å². The van der Waals surface area contributed by atoms with Crippen LogP contribution >= 0.6 is 24.8 Å². The Balaban J connectivity index is 0. The summed E-state index contributed by atoms with van der Waals surface area (Å²) >= 11 is 0. The van der Waals surface area contributed by atoms with Gasteiger partial charge < -0.3 is 0 Å². The van der Waals surface area contributed by atoms with Crippen molar-refractivity contribution in [1.82, 2.24) is 0 Å². The van der Waals surface area contributed by atoms with Gasteiger partial charge in [0.25, 0.3) is 0 Å². The molecule has 0 bridgehead atoms. The van der Waals surface area contributed by atoms with Crippen LogP contribution in [-0.4, -0.2) is 8.41 Å². The van der Waals surface area contributed by atoms with Crippen LogP contribution in [0.25, 0.3) is 0 Å². The molecule has 0 rings (SSSR count). The minimum Gasteiger partial charge on any atom is -0.269 e. The van der Waals surface area contributed by atoms with Gasteiger partial charge in [-0.05, 0) is 0 Å². The van der Waals surface area contributed by atoms with Gasteiger partial charge in [-0.1, -0.05) is 0 Å². The summed E-state index contributed by atoms with van der Waals surface area (Å²) in [5, 5.41) is 0. The van der Waals surface area contributed by atoms with Crippen molar-refractivity contribution in [2.45, 2.75) is 0 Å². The third kappa shape index (κ3) is 19.3.